The average Bonchev–Trinajstić information content (AvgIpc) is 3.05. The molecule has 3 atom stereocenters. The summed E-state index contributed by atoms with van der Waals surface area (Å²) < 4.78 is 0. The number of aromatic amines is 1. The number of nitrogens with one attached hydrogen (secondary N) is 2. The SMILES string of the molecule is CC(C)NC(=O)[C@@H]1C[C@H]2CCN(C(=O)c3ccc4[nH]c5c(c4c3)CCCC5)C[C@H]21. The van der Waals surface area contributed by atoms with Crippen LogP contribution in [0.5, 0.6) is 0 Å². The van der Waals surface area contributed by atoms with E-state index in [1.165, 1.54) is 29.5 Å². The van der Waals surface area contributed by atoms with Crippen molar-refractivity contribution in [2.24, 2.45) is 17.8 Å². The topological polar surface area (TPSA) is 65.2 Å². The molecule has 0 bridgehead atoms. The third kappa shape index (κ3) is 3.24. The van der Waals surface area contributed by atoms with E-state index in [-0.39, 0.29) is 23.8 Å². The minimum absolute atomic E-state index is 0.0668. The van der Waals surface area contributed by atoms with Gasteiger partial charge in [-0.05, 0) is 88.0 Å². The molecule has 2 fully saturated rings. The number of hydrogen-bond donors (Lipinski definition) is 2. The van der Waals surface area contributed by atoms with E-state index in [1.54, 1.807) is 0 Å². The summed E-state index contributed by atoms with van der Waals surface area (Å²) in [4.78, 5) is 31.3. The van der Waals surface area contributed by atoms with Crippen LogP contribution in [-0.2, 0) is 17.6 Å². The summed E-state index contributed by atoms with van der Waals surface area (Å²) >= 11 is 0. The standard InChI is InChI=1S/C24H31N3O2/c1-14(2)25-23(28)19-11-15-9-10-27(13-20(15)19)24(29)16-7-8-22-18(12-16)17-5-3-4-6-21(17)26-22/h7-8,12,14-15,19-20,26H,3-6,9-11,13H2,1-2H3,(H,25,28)/t15-,19-,20-/m1/s1. The van der Waals surface area contributed by atoms with Crippen molar-refractivity contribution < 1.29 is 9.59 Å². The zero-order valence-corrected chi connectivity index (χ0v) is 17.5. The molecule has 2 amide bonds. The molecular weight excluding hydrogens is 362 g/mol. The number of fused-ring (bicyclic) bond motifs is 4. The third-order valence-electron chi connectivity index (χ3n) is 7.28. The summed E-state index contributed by atoms with van der Waals surface area (Å²) in [6.07, 6.45) is 6.69. The van der Waals surface area contributed by atoms with Crippen molar-refractivity contribution in [2.45, 2.75) is 58.4 Å². The number of likely N-dealkylation sites (tertiary alicyclic amines) is 1. The Labute approximate surface area is 172 Å². The number of hydrogen-bond acceptors (Lipinski definition) is 2. The summed E-state index contributed by atoms with van der Waals surface area (Å²) in [5.41, 5.74) is 4.69. The zero-order chi connectivity index (χ0) is 20.1. The molecule has 2 heterocycles. The second-order valence-electron chi connectivity index (χ2n) is 9.52. The highest BCUT2D eigenvalue weighted by Gasteiger charge is 2.48. The monoisotopic (exact) mass is 393 g/mol. The maximum Gasteiger partial charge on any atom is 0.253 e. The summed E-state index contributed by atoms with van der Waals surface area (Å²) in [6.45, 7) is 5.52. The number of H-pyrrole nitrogens is 1. The largest absolute Gasteiger partial charge is 0.358 e. The number of benzene rings is 1. The molecule has 1 aromatic heterocycles. The molecule has 1 saturated heterocycles. The van der Waals surface area contributed by atoms with Crippen LogP contribution in [0.15, 0.2) is 18.2 Å². The molecule has 1 aliphatic heterocycles. The van der Waals surface area contributed by atoms with Crippen molar-refractivity contribution in [3.05, 3.63) is 35.0 Å². The molecule has 1 aromatic carbocycles. The van der Waals surface area contributed by atoms with E-state index in [1.807, 2.05) is 24.8 Å². The van der Waals surface area contributed by atoms with Crippen LogP contribution in [0.4, 0.5) is 0 Å². The van der Waals surface area contributed by atoms with E-state index < -0.39 is 0 Å². The van der Waals surface area contributed by atoms with Crippen LogP contribution in [0.2, 0.25) is 0 Å². The van der Waals surface area contributed by atoms with Gasteiger partial charge in [-0.3, -0.25) is 9.59 Å². The van der Waals surface area contributed by atoms with E-state index in [9.17, 15) is 9.59 Å². The van der Waals surface area contributed by atoms with Crippen LogP contribution >= 0.6 is 0 Å². The zero-order valence-electron chi connectivity index (χ0n) is 17.5. The quantitative estimate of drug-likeness (QED) is 0.836. The van der Waals surface area contributed by atoms with Crippen molar-refractivity contribution in [1.82, 2.24) is 15.2 Å². The summed E-state index contributed by atoms with van der Waals surface area (Å²) in [5.74, 6) is 1.26. The number of aromatic nitrogens is 1. The van der Waals surface area contributed by atoms with Gasteiger partial charge in [-0.2, -0.15) is 0 Å². The lowest BCUT2D eigenvalue weighted by Gasteiger charge is -2.50. The maximum absolute atomic E-state index is 13.3. The maximum atomic E-state index is 13.3. The lowest BCUT2D eigenvalue weighted by molar-refractivity contribution is -0.136. The number of amides is 2. The van der Waals surface area contributed by atoms with Crippen molar-refractivity contribution in [1.29, 1.82) is 0 Å². The predicted molar refractivity (Wildman–Crippen MR) is 114 cm³/mol. The van der Waals surface area contributed by atoms with Crippen molar-refractivity contribution in [3.63, 3.8) is 0 Å². The van der Waals surface area contributed by atoms with Crippen LogP contribution in [0, 0.1) is 17.8 Å². The molecular formula is C24H31N3O2. The highest BCUT2D eigenvalue weighted by atomic mass is 16.2. The number of carbonyl (C=O) groups excluding carboxylic acids is 2. The third-order valence-corrected chi connectivity index (χ3v) is 7.28. The van der Waals surface area contributed by atoms with Crippen molar-refractivity contribution >= 4 is 22.7 Å². The normalized spacial score (nSPS) is 26.0. The van der Waals surface area contributed by atoms with Crippen LogP contribution in [0.25, 0.3) is 10.9 Å². The fourth-order valence-corrected chi connectivity index (χ4v) is 5.68. The lowest BCUT2D eigenvalue weighted by atomic mass is 9.61. The minimum Gasteiger partial charge on any atom is -0.358 e. The first-order chi connectivity index (χ1) is 14.0. The van der Waals surface area contributed by atoms with Crippen LogP contribution in [0.3, 0.4) is 0 Å². The van der Waals surface area contributed by atoms with Crippen LogP contribution in [0.1, 0.15) is 61.1 Å². The first-order valence-corrected chi connectivity index (χ1v) is 11.2. The van der Waals surface area contributed by atoms with E-state index in [0.717, 1.165) is 43.3 Å². The molecule has 154 valence electrons. The van der Waals surface area contributed by atoms with Gasteiger partial charge in [0.05, 0.1) is 0 Å². The number of aryl methyl sites for hydroxylation is 2. The highest BCUT2D eigenvalue weighted by molar-refractivity contribution is 5.99. The Bertz CT molecular complexity index is 960. The number of carbonyl (C=O) groups is 2. The molecule has 2 N–H and O–H groups in total. The second-order valence-corrected chi connectivity index (χ2v) is 9.52. The van der Waals surface area contributed by atoms with Gasteiger partial charge in [0.1, 0.15) is 0 Å². The van der Waals surface area contributed by atoms with Gasteiger partial charge in [-0.1, -0.05) is 0 Å². The van der Waals surface area contributed by atoms with Crippen LogP contribution < -0.4 is 5.32 Å². The fraction of sp³-hybridized carbons (Fsp3) is 0.583. The lowest BCUT2D eigenvalue weighted by Crippen LogP contribution is -2.56. The minimum atomic E-state index is 0.0668. The second kappa shape index (κ2) is 7.19. The van der Waals surface area contributed by atoms with Gasteiger partial charge in [-0.15, -0.1) is 0 Å². The summed E-state index contributed by atoms with van der Waals surface area (Å²) in [7, 11) is 0. The van der Waals surface area contributed by atoms with Gasteiger partial charge in [-0.25, -0.2) is 0 Å². The molecule has 5 rings (SSSR count). The molecule has 3 aliphatic rings. The molecule has 5 heteroatoms. The van der Waals surface area contributed by atoms with Gasteiger partial charge in [0.15, 0.2) is 0 Å². The average molecular weight is 394 g/mol. The molecule has 0 spiro atoms. The predicted octanol–water partition coefficient (Wildman–Crippen LogP) is 3.67. The fourth-order valence-electron chi connectivity index (χ4n) is 5.68. The van der Waals surface area contributed by atoms with Gasteiger partial charge in [0, 0.05) is 47.2 Å². The Morgan fingerprint density at radius 1 is 1.21 bits per heavy atom. The van der Waals surface area contributed by atoms with Crippen LogP contribution in [-0.4, -0.2) is 40.8 Å². The van der Waals surface area contributed by atoms with Gasteiger partial charge in [0.2, 0.25) is 5.91 Å². The summed E-state index contributed by atoms with van der Waals surface area (Å²) in [5, 5.41) is 4.27. The Hall–Kier alpha value is -2.30. The molecule has 2 aromatic rings. The van der Waals surface area contributed by atoms with Crippen molar-refractivity contribution in [3.8, 4) is 0 Å². The Morgan fingerprint density at radius 2 is 2.03 bits per heavy atom. The number of nitrogens with zero attached hydrogens (tertiary/aromatic N) is 1. The Morgan fingerprint density at radius 3 is 2.86 bits per heavy atom. The van der Waals surface area contributed by atoms with Crippen molar-refractivity contribution in [2.75, 3.05) is 13.1 Å². The highest BCUT2D eigenvalue weighted by Crippen LogP contribution is 2.46. The number of piperidine rings is 1. The molecule has 29 heavy (non-hydrogen) atoms. The first-order valence-electron chi connectivity index (χ1n) is 11.2. The summed E-state index contributed by atoms with van der Waals surface area (Å²) in [6, 6.07) is 6.29. The van der Waals surface area contributed by atoms with E-state index >= 15 is 0 Å². The van der Waals surface area contributed by atoms with Gasteiger partial charge in [0.25, 0.3) is 5.91 Å². The molecule has 1 saturated carbocycles. The Kier molecular flexibility index (Phi) is 4.64. The molecule has 5 nitrogen and oxygen atoms in total. The Balaban J connectivity index is 1.33. The van der Waals surface area contributed by atoms with Gasteiger partial charge >= 0.3 is 0 Å². The molecule has 0 radical (unpaired) electrons. The van der Waals surface area contributed by atoms with E-state index in [2.05, 4.69) is 22.4 Å². The first kappa shape index (κ1) is 18.7. The smallest absolute Gasteiger partial charge is 0.253 e. The molecule has 0 unspecified atom stereocenters. The van der Waals surface area contributed by atoms with E-state index in [4.69, 9.17) is 0 Å². The number of rotatable bonds is 3. The molecule has 2 aliphatic carbocycles. The van der Waals surface area contributed by atoms with E-state index in [0.29, 0.717) is 18.4 Å². The van der Waals surface area contributed by atoms with Gasteiger partial charge < -0.3 is 15.2 Å².